The smallest absolute Gasteiger partial charge is 0.282 e. The normalized spacial score (nSPS) is 11.7. The van der Waals surface area contributed by atoms with E-state index in [0.29, 0.717) is 35.2 Å². The van der Waals surface area contributed by atoms with Crippen LogP contribution in [-0.2, 0) is 0 Å². The van der Waals surface area contributed by atoms with Crippen LogP contribution in [0.25, 0.3) is 33.5 Å². The van der Waals surface area contributed by atoms with E-state index in [0.717, 1.165) is 10.9 Å². The van der Waals surface area contributed by atoms with Gasteiger partial charge in [-0.15, -0.1) is 0 Å². The molecule has 0 unspecified atom stereocenters. The molecule has 152 valence electrons. The van der Waals surface area contributed by atoms with Crippen molar-refractivity contribution in [2.75, 3.05) is 0 Å². The Bertz CT molecular complexity index is 1500. The van der Waals surface area contributed by atoms with E-state index in [4.69, 9.17) is 4.42 Å². The van der Waals surface area contributed by atoms with E-state index in [1.54, 1.807) is 36.5 Å². The fraction of sp³-hybridized carbons (Fsp3) is 0. The molecule has 8 heteroatoms. The van der Waals surface area contributed by atoms with Crippen LogP contribution >= 0.6 is 45.2 Å². The highest BCUT2D eigenvalue weighted by atomic mass is 127. The van der Waals surface area contributed by atoms with Gasteiger partial charge in [-0.05, 0) is 87.1 Å². The lowest BCUT2D eigenvalue weighted by molar-refractivity contribution is 0.467. The zero-order chi connectivity index (χ0) is 21.5. The van der Waals surface area contributed by atoms with Crippen LogP contribution in [0.15, 0.2) is 81.0 Å². The van der Waals surface area contributed by atoms with E-state index in [1.807, 2.05) is 36.4 Å². The highest BCUT2D eigenvalue weighted by Crippen LogP contribution is 2.28. The number of halogens is 2. The van der Waals surface area contributed by atoms with Crippen molar-refractivity contribution in [3.63, 3.8) is 0 Å². The molecule has 5 aromatic rings. The summed E-state index contributed by atoms with van der Waals surface area (Å²) in [4.78, 5) is 17.9. The van der Waals surface area contributed by atoms with E-state index < -0.39 is 0 Å². The van der Waals surface area contributed by atoms with Crippen LogP contribution in [0.5, 0.6) is 5.75 Å². The lowest BCUT2D eigenvalue weighted by Gasteiger charge is -2.07. The van der Waals surface area contributed by atoms with Gasteiger partial charge in [-0.2, -0.15) is 9.78 Å². The molecule has 3 aromatic carbocycles. The second kappa shape index (κ2) is 8.08. The molecule has 0 radical (unpaired) electrons. The molecule has 0 amide bonds. The summed E-state index contributed by atoms with van der Waals surface area (Å²) in [6, 6.07) is 20.2. The van der Waals surface area contributed by atoms with Crippen LogP contribution in [0.4, 0.5) is 0 Å². The van der Waals surface area contributed by atoms with E-state index in [1.165, 1.54) is 4.68 Å². The molecule has 0 bridgehead atoms. The number of hydrogen-bond acceptors (Lipinski definition) is 5. The maximum absolute atomic E-state index is 13.3. The number of aromatic hydroxyl groups is 1. The standard InChI is InChI=1S/C23H13I2N3O3/c24-16-9-13(10-17(25)21(16)29)12-26-28-22(20-11-14-5-1-4-8-19(14)31-20)27-18-7-3-2-6-15(18)23(28)30/h1-12,29H. The Morgan fingerprint density at radius 2 is 1.71 bits per heavy atom. The first-order chi connectivity index (χ1) is 15.0. The van der Waals surface area contributed by atoms with Gasteiger partial charge >= 0.3 is 0 Å². The van der Waals surface area contributed by atoms with Crippen LogP contribution in [0.1, 0.15) is 5.56 Å². The monoisotopic (exact) mass is 633 g/mol. The number of phenols is 1. The molecule has 0 saturated heterocycles. The number of benzene rings is 3. The lowest BCUT2D eigenvalue weighted by Crippen LogP contribution is -2.20. The van der Waals surface area contributed by atoms with E-state index >= 15 is 0 Å². The van der Waals surface area contributed by atoms with Gasteiger partial charge in [0, 0.05) is 5.39 Å². The van der Waals surface area contributed by atoms with Gasteiger partial charge < -0.3 is 9.52 Å². The Balaban J connectivity index is 1.73. The molecule has 2 aromatic heterocycles. The lowest BCUT2D eigenvalue weighted by atomic mass is 10.2. The van der Waals surface area contributed by atoms with Gasteiger partial charge in [-0.25, -0.2) is 4.98 Å². The Kier molecular flexibility index (Phi) is 5.26. The third-order valence-corrected chi connectivity index (χ3v) is 6.41. The van der Waals surface area contributed by atoms with Crippen LogP contribution in [0.2, 0.25) is 0 Å². The Labute approximate surface area is 203 Å². The van der Waals surface area contributed by atoms with Crippen LogP contribution in [0.3, 0.4) is 0 Å². The largest absolute Gasteiger partial charge is 0.506 e. The van der Waals surface area contributed by atoms with Crippen molar-refractivity contribution < 1.29 is 9.52 Å². The summed E-state index contributed by atoms with van der Waals surface area (Å²) >= 11 is 4.12. The fourth-order valence-electron chi connectivity index (χ4n) is 3.27. The summed E-state index contributed by atoms with van der Waals surface area (Å²) in [5.41, 5.74) is 1.74. The van der Waals surface area contributed by atoms with Gasteiger partial charge in [-0.1, -0.05) is 30.3 Å². The molecule has 0 spiro atoms. The summed E-state index contributed by atoms with van der Waals surface area (Å²) in [5, 5.41) is 15.8. The van der Waals surface area contributed by atoms with Crippen molar-refractivity contribution >= 4 is 73.3 Å². The maximum atomic E-state index is 13.3. The van der Waals surface area contributed by atoms with Gasteiger partial charge in [-0.3, -0.25) is 4.79 Å². The molecule has 1 N–H and O–H groups in total. The molecule has 0 saturated carbocycles. The number of para-hydroxylation sites is 2. The van der Waals surface area contributed by atoms with Crippen molar-refractivity contribution in [1.82, 2.24) is 9.66 Å². The molecule has 0 fully saturated rings. The molecule has 2 heterocycles. The number of hydrogen-bond donors (Lipinski definition) is 1. The minimum atomic E-state index is -0.291. The van der Waals surface area contributed by atoms with E-state index in [9.17, 15) is 9.90 Å². The summed E-state index contributed by atoms with van der Waals surface area (Å²) in [7, 11) is 0. The van der Waals surface area contributed by atoms with Crippen molar-refractivity contribution in [3.8, 4) is 17.3 Å². The number of fused-ring (bicyclic) bond motifs is 2. The van der Waals surface area contributed by atoms with Crippen molar-refractivity contribution in [3.05, 3.63) is 89.8 Å². The number of phenolic OH excluding ortho intramolecular Hbond substituents is 1. The molecular formula is C23H13I2N3O3. The Hall–Kier alpha value is -2.73. The number of furan rings is 1. The Morgan fingerprint density at radius 1 is 1.00 bits per heavy atom. The fourth-order valence-corrected chi connectivity index (χ4v) is 5.08. The summed E-state index contributed by atoms with van der Waals surface area (Å²) in [6.45, 7) is 0. The number of aromatic nitrogens is 2. The zero-order valence-corrected chi connectivity index (χ0v) is 20.1. The van der Waals surface area contributed by atoms with Gasteiger partial charge in [0.2, 0.25) is 5.82 Å². The van der Waals surface area contributed by atoms with E-state index in [2.05, 4.69) is 55.3 Å². The predicted octanol–water partition coefficient (Wildman–Crippen LogP) is 5.61. The van der Waals surface area contributed by atoms with Crippen LogP contribution in [0, 0.1) is 7.14 Å². The first-order valence-corrected chi connectivity index (χ1v) is 11.4. The summed E-state index contributed by atoms with van der Waals surface area (Å²) in [6.07, 6.45) is 1.58. The highest BCUT2D eigenvalue weighted by molar-refractivity contribution is 14.1. The molecule has 5 rings (SSSR count). The highest BCUT2D eigenvalue weighted by Gasteiger charge is 2.16. The van der Waals surface area contributed by atoms with Crippen LogP contribution < -0.4 is 5.56 Å². The molecule has 0 aliphatic heterocycles. The van der Waals surface area contributed by atoms with Crippen molar-refractivity contribution in [1.29, 1.82) is 0 Å². The topological polar surface area (TPSA) is 80.6 Å². The first-order valence-electron chi connectivity index (χ1n) is 9.24. The number of nitrogens with zero attached hydrogens (tertiary/aromatic N) is 3. The molecule has 6 nitrogen and oxygen atoms in total. The predicted molar refractivity (Wildman–Crippen MR) is 138 cm³/mol. The minimum Gasteiger partial charge on any atom is -0.506 e. The van der Waals surface area contributed by atoms with Gasteiger partial charge in [0.05, 0.1) is 24.3 Å². The molecule has 0 aliphatic carbocycles. The average molecular weight is 633 g/mol. The number of rotatable bonds is 3. The maximum Gasteiger partial charge on any atom is 0.282 e. The van der Waals surface area contributed by atoms with Gasteiger partial charge in [0.15, 0.2) is 5.76 Å². The molecule has 0 aliphatic rings. The van der Waals surface area contributed by atoms with Crippen LogP contribution in [-0.4, -0.2) is 21.0 Å². The second-order valence-corrected chi connectivity index (χ2v) is 9.12. The van der Waals surface area contributed by atoms with Crippen molar-refractivity contribution in [2.24, 2.45) is 5.10 Å². The molecule has 0 atom stereocenters. The third-order valence-electron chi connectivity index (χ3n) is 4.76. The molecular weight excluding hydrogens is 620 g/mol. The SMILES string of the molecule is O=c1c2ccccc2nc(-c2cc3ccccc3o2)n1N=Cc1cc(I)c(O)c(I)c1. The van der Waals surface area contributed by atoms with Gasteiger partial charge in [0.1, 0.15) is 11.3 Å². The van der Waals surface area contributed by atoms with Crippen molar-refractivity contribution in [2.45, 2.75) is 0 Å². The average Bonchev–Trinajstić information content (AvgIpc) is 3.21. The summed E-state index contributed by atoms with van der Waals surface area (Å²) in [5.74, 6) is 1.00. The third kappa shape index (κ3) is 3.74. The minimum absolute atomic E-state index is 0.228. The summed E-state index contributed by atoms with van der Waals surface area (Å²) < 4.78 is 8.63. The zero-order valence-electron chi connectivity index (χ0n) is 15.8. The molecule has 31 heavy (non-hydrogen) atoms. The van der Waals surface area contributed by atoms with E-state index in [-0.39, 0.29) is 11.3 Å². The van der Waals surface area contributed by atoms with Gasteiger partial charge in [0.25, 0.3) is 5.56 Å². The quantitative estimate of drug-likeness (QED) is 0.207. The Morgan fingerprint density at radius 3 is 2.48 bits per heavy atom. The first kappa shape index (κ1) is 20.2. The second-order valence-electron chi connectivity index (χ2n) is 6.80.